The molecule has 23 heavy (non-hydrogen) atoms. The Labute approximate surface area is 133 Å². The molecule has 1 aromatic heterocycles. The fraction of sp³-hybridized carbons (Fsp3) is 0.308. The molecule has 1 aromatic carbocycles. The van der Waals surface area contributed by atoms with Gasteiger partial charge in [0.25, 0.3) is 10.1 Å². The molecule has 0 spiro atoms. The van der Waals surface area contributed by atoms with Crippen LogP contribution >= 0.6 is 0 Å². The highest BCUT2D eigenvalue weighted by Gasteiger charge is 2.22. The van der Waals surface area contributed by atoms with Crippen LogP contribution in [0.2, 0.25) is 0 Å². The molecule has 0 saturated heterocycles. The zero-order valence-electron chi connectivity index (χ0n) is 12.4. The Bertz CT molecular complexity index is 923. The predicted molar refractivity (Wildman–Crippen MR) is 82.3 cm³/mol. The van der Waals surface area contributed by atoms with Gasteiger partial charge in [0, 0.05) is 23.0 Å². The Hall–Kier alpha value is -1.62. The van der Waals surface area contributed by atoms with Crippen LogP contribution in [0.3, 0.4) is 0 Å². The molecule has 0 radical (unpaired) electrons. The van der Waals surface area contributed by atoms with Crippen molar-refractivity contribution < 1.29 is 25.4 Å². The van der Waals surface area contributed by atoms with Crippen molar-refractivity contribution in [1.29, 1.82) is 0 Å². The first-order valence-corrected chi connectivity index (χ1v) is 9.79. The van der Waals surface area contributed by atoms with E-state index in [1.807, 2.05) is 0 Å². The number of rotatable bonds is 6. The average Bonchev–Trinajstić information content (AvgIpc) is 2.44. The second-order valence-corrected chi connectivity index (χ2v) is 8.31. The maximum atomic E-state index is 14.0. The summed E-state index contributed by atoms with van der Waals surface area (Å²) < 4.78 is 67.5. The van der Waals surface area contributed by atoms with Gasteiger partial charge in [-0.05, 0) is 13.0 Å². The minimum atomic E-state index is -4.07. The van der Waals surface area contributed by atoms with E-state index in [1.165, 1.54) is 25.3 Å². The van der Waals surface area contributed by atoms with Gasteiger partial charge in [-0.15, -0.1) is 0 Å². The van der Waals surface area contributed by atoms with Gasteiger partial charge in [0.05, 0.1) is 24.0 Å². The van der Waals surface area contributed by atoms with Crippen molar-refractivity contribution in [2.45, 2.75) is 17.9 Å². The van der Waals surface area contributed by atoms with Crippen molar-refractivity contribution in [2.24, 2.45) is 0 Å². The summed E-state index contributed by atoms with van der Waals surface area (Å²) in [5.41, 5.74) is 0. The smallest absolute Gasteiger partial charge is 0.264 e. The summed E-state index contributed by atoms with van der Waals surface area (Å²) in [5.74, 6) is -0.761. The summed E-state index contributed by atoms with van der Waals surface area (Å²) in [5, 5.41) is 0.263. The lowest BCUT2D eigenvalue weighted by Crippen LogP contribution is -2.36. The van der Waals surface area contributed by atoms with Crippen LogP contribution in [0.5, 0.6) is 0 Å². The molecular weight excluding hydrogens is 347 g/mol. The molecule has 0 aliphatic rings. The van der Waals surface area contributed by atoms with Gasteiger partial charge in [0.15, 0.2) is 5.82 Å². The highest BCUT2D eigenvalue weighted by atomic mass is 32.2. The summed E-state index contributed by atoms with van der Waals surface area (Å²) in [4.78, 5) is 3.43. The lowest BCUT2D eigenvalue weighted by Gasteiger charge is -2.15. The number of aromatic nitrogens is 1. The maximum Gasteiger partial charge on any atom is 0.264 e. The van der Waals surface area contributed by atoms with E-state index >= 15 is 0 Å². The minimum absolute atomic E-state index is 0.0776. The van der Waals surface area contributed by atoms with E-state index in [2.05, 4.69) is 13.9 Å². The summed E-state index contributed by atoms with van der Waals surface area (Å²) >= 11 is 0. The Balaban J connectivity index is 2.34. The molecule has 0 unspecified atom stereocenters. The SMILES string of the molecule is C[C@@H](COS(C)(=O)=O)NS(=O)(=O)c1cccc2cncc(F)c12. The molecule has 1 N–H and O–H groups in total. The van der Waals surface area contributed by atoms with Crippen LogP contribution < -0.4 is 4.72 Å². The van der Waals surface area contributed by atoms with Crippen molar-refractivity contribution in [3.8, 4) is 0 Å². The van der Waals surface area contributed by atoms with Crippen LogP contribution in [0.15, 0.2) is 35.5 Å². The third-order valence-corrected chi connectivity index (χ3v) is 5.07. The fourth-order valence-corrected chi connectivity index (χ4v) is 3.89. The molecule has 0 aliphatic carbocycles. The summed E-state index contributed by atoms with van der Waals surface area (Å²) in [6, 6.07) is 3.45. The molecule has 2 rings (SSSR count). The Morgan fingerprint density at radius 1 is 1.26 bits per heavy atom. The van der Waals surface area contributed by atoms with Crippen molar-refractivity contribution in [2.75, 3.05) is 12.9 Å². The predicted octanol–water partition coefficient (Wildman–Crippen LogP) is 1.02. The maximum absolute atomic E-state index is 14.0. The Kier molecular flexibility index (Phi) is 4.99. The number of halogens is 1. The van der Waals surface area contributed by atoms with Crippen LogP contribution in [-0.4, -0.2) is 40.7 Å². The number of hydrogen-bond acceptors (Lipinski definition) is 6. The number of pyridine rings is 1. The molecular formula is C13H15FN2O5S2. The number of sulfonamides is 1. The molecule has 10 heteroatoms. The van der Waals surface area contributed by atoms with Gasteiger partial charge in [-0.25, -0.2) is 17.5 Å². The summed E-state index contributed by atoms with van der Waals surface area (Å²) in [6.07, 6.45) is 3.15. The number of fused-ring (bicyclic) bond motifs is 1. The molecule has 0 bridgehead atoms. The zero-order valence-corrected chi connectivity index (χ0v) is 14.0. The largest absolute Gasteiger partial charge is 0.269 e. The monoisotopic (exact) mass is 362 g/mol. The molecule has 2 aromatic rings. The number of nitrogens with zero attached hydrogens (tertiary/aromatic N) is 1. The molecule has 0 fully saturated rings. The van der Waals surface area contributed by atoms with Crippen LogP contribution in [0.1, 0.15) is 6.92 Å². The molecule has 0 saturated carbocycles. The van der Waals surface area contributed by atoms with E-state index in [4.69, 9.17) is 0 Å². The average molecular weight is 362 g/mol. The number of nitrogens with one attached hydrogen (secondary N) is 1. The first-order chi connectivity index (χ1) is 10.6. The van der Waals surface area contributed by atoms with Crippen LogP contribution in [0.25, 0.3) is 10.8 Å². The van der Waals surface area contributed by atoms with Crippen molar-refractivity contribution in [3.05, 3.63) is 36.4 Å². The molecule has 0 aliphatic heterocycles. The zero-order chi connectivity index (χ0) is 17.3. The van der Waals surface area contributed by atoms with Crippen LogP contribution in [0.4, 0.5) is 4.39 Å². The van der Waals surface area contributed by atoms with Gasteiger partial charge in [-0.2, -0.15) is 8.42 Å². The standard InChI is InChI=1S/C13H15FN2O5S2/c1-9(8-21-22(2,17)18)16-23(19,20)12-5-3-4-10-6-15-7-11(14)13(10)12/h3-7,9,16H,8H2,1-2H3/t9-/m0/s1. The molecule has 1 atom stereocenters. The summed E-state index contributed by atoms with van der Waals surface area (Å²) in [7, 11) is -7.75. The first kappa shape index (κ1) is 17.7. The summed E-state index contributed by atoms with van der Waals surface area (Å²) in [6.45, 7) is 1.07. The van der Waals surface area contributed by atoms with Gasteiger partial charge in [0.2, 0.25) is 10.0 Å². The fourth-order valence-electron chi connectivity index (χ4n) is 1.97. The highest BCUT2D eigenvalue weighted by molar-refractivity contribution is 7.89. The van der Waals surface area contributed by atoms with E-state index in [0.717, 1.165) is 12.5 Å². The van der Waals surface area contributed by atoms with Crippen LogP contribution in [-0.2, 0) is 24.3 Å². The molecule has 0 amide bonds. The third-order valence-electron chi connectivity index (χ3n) is 2.88. The first-order valence-electron chi connectivity index (χ1n) is 6.49. The molecule has 126 valence electrons. The van der Waals surface area contributed by atoms with Gasteiger partial charge in [-0.3, -0.25) is 9.17 Å². The van der Waals surface area contributed by atoms with E-state index in [1.54, 1.807) is 6.07 Å². The van der Waals surface area contributed by atoms with Gasteiger partial charge < -0.3 is 0 Å². The van der Waals surface area contributed by atoms with E-state index in [-0.39, 0.29) is 16.9 Å². The minimum Gasteiger partial charge on any atom is -0.269 e. The molecule has 1 heterocycles. The van der Waals surface area contributed by atoms with Gasteiger partial charge >= 0.3 is 0 Å². The lowest BCUT2D eigenvalue weighted by atomic mass is 10.2. The van der Waals surface area contributed by atoms with Gasteiger partial charge in [0.1, 0.15) is 0 Å². The number of benzene rings is 1. The Morgan fingerprint density at radius 2 is 1.96 bits per heavy atom. The van der Waals surface area contributed by atoms with Crippen LogP contribution in [0, 0.1) is 5.82 Å². The quantitative estimate of drug-likeness (QED) is 0.770. The van der Waals surface area contributed by atoms with Gasteiger partial charge in [-0.1, -0.05) is 12.1 Å². The lowest BCUT2D eigenvalue weighted by molar-refractivity contribution is 0.293. The van der Waals surface area contributed by atoms with E-state index in [9.17, 15) is 21.2 Å². The highest BCUT2D eigenvalue weighted by Crippen LogP contribution is 2.24. The normalized spacial score (nSPS) is 14.0. The third kappa shape index (κ3) is 4.44. The van der Waals surface area contributed by atoms with Crippen molar-refractivity contribution >= 4 is 30.9 Å². The second kappa shape index (κ2) is 6.48. The second-order valence-electron chi connectivity index (χ2n) is 4.99. The molecule has 7 nitrogen and oxygen atoms in total. The van der Waals surface area contributed by atoms with Crippen molar-refractivity contribution in [3.63, 3.8) is 0 Å². The Morgan fingerprint density at radius 3 is 2.61 bits per heavy atom. The van der Waals surface area contributed by atoms with E-state index < -0.39 is 32.0 Å². The van der Waals surface area contributed by atoms with E-state index in [0.29, 0.717) is 5.39 Å². The number of hydrogen-bond donors (Lipinski definition) is 1. The van der Waals surface area contributed by atoms with Crippen molar-refractivity contribution in [1.82, 2.24) is 9.71 Å². The topological polar surface area (TPSA) is 102 Å².